The number of H-pyrrole nitrogens is 1. The fraction of sp³-hybridized carbons (Fsp3) is 0.400. The van der Waals surface area contributed by atoms with Gasteiger partial charge in [0.05, 0.1) is 5.60 Å². The molecule has 1 aliphatic rings. The van der Waals surface area contributed by atoms with Crippen molar-refractivity contribution in [3.63, 3.8) is 0 Å². The first kappa shape index (κ1) is 19.7. The summed E-state index contributed by atoms with van der Waals surface area (Å²) in [4.78, 5) is 17.9. The highest BCUT2D eigenvalue weighted by atomic mass is 16.5. The van der Waals surface area contributed by atoms with E-state index < -0.39 is 0 Å². The number of nitrogens with one attached hydrogen (secondary N) is 1. The van der Waals surface area contributed by atoms with Crippen LogP contribution in [0.25, 0.3) is 10.9 Å². The molecular formula is C25H30N2O2. The molecule has 1 amide bonds. The Morgan fingerprint density at radius 3 is 2.55 bits per heavy atom. The summed E-state index contributed by atoms with van der Waals surface area (Å²) in [6.07, 6.45) is 5.75. The van der Waals surface area contributed by atoms with Gasteiger partial charge in [-0.05, 0) is 73.9 Å². The summed E-state index contributed by atoms with van der Waals surface area (Å²) in [6, 6.07) is 18.2. The van der Waals surface area contributed by atoms with E-state index in [9.17, 15) is 4.79 Å². The largest absolute Gasteiger partial charge is 0.378 e. The number of hydrogen-bond donors (Lipinski definition) is 1. The third kappa shape index (κ3) is 3.82. The SMILES string of the molecule is CCC(CC1(OC)CCC1)c1ccc2[nH]c(C(=O)N(C)c3ccccc3)cc2c1. The Balaban J connectivity index is 1.58. The Hall–Kier alpha value is -2.59. The Bertz CT molecular complexity index is 983. The highest BCUT2D eigenvalue weighted by molar-refractivity contribution is 6.07. The van der Waals surface area contributed by atoms with Crippen LogP contribution in [0.15, 0.2) is 54.6 Å². The normalized spacial score (nSPS) is 16.4. The van der Waals surface area contributed by atoms with E-state index in [1.807, 2.05) is 50.6 Å². The van der Waals surface area contributed by atoms with Crippen molar-refractivity contribution in [2.24, 2.45) is 0 Å². The van der Waals surface area contributed by atoms with E-state index in [0.29, 0.717) is 11.6 Å². The van der Waals surface area contributed by atoms with Crippen LogP contribution in [0.1, 0.15) is 61.0 Å². The van der Waals surface area contributed by atoms with Gasteiger partial charge in [0.1, 0.15) is 5.69 Å². The number of carbonyl (C=O) groups is 1. The minimum absolute atomic E-state index is 0.0335. The second-order valence-electron chi connectivity index (χ2n) is 8.28. The van der Waals surface area contributed by atoms with Crippen LogP contribution in [0.2, 0.25) is 0 Å². The van der Waals surface area contributed by atoms with Gasteiger partial charge in [0.25, 0.3) is 5.91 Å². The minimum Gasteiger partial charge on any atom is -0.378 e. The Kier molecular flexibility index (Phi) is 5.46. The molecule has 0 bridgehead atoms. The molecule has 1 unspecified atom stereocenters. The molecule has 1 aromatic heterocycles. The Labute approximate surface area is 172 Å². The summed E-state index contributed by atoms with van der Waals surface area (Å²) < 4.78 is 5.86. The van der Waals surface area contributed by atoms with Gasteiger partial charge >= 0.3 is 0 Å². The van der Waals surface area contributed by atoms with Crippen LogP contribution in [0.4, 0.5) is 5.69 Å². The molecule has 1 heterocycles. The van der Waals surface area contributed by atoms with E-state index in [1.165, 1.54) is 12.0 Å². The number of rotatable bonds is 7. The van der Waals surface area contributed by atoms with Gasteiger partial charge in [0.2, 0.25) is 0 Å². The fourth-order valence-corrected chi connectivity index (χ4v) is 4.48. The van der Waals surface area contributed by atoms with Gasteiger partial charge < -0.3 is 14.6 Å². The van der Waals surface area contributed by atoms with Crippen molar-refractivity contribution in [2.45, 2.75) is 50.5 Å². The number of carbonyl (C=O) groups excluding carboxylic acids is 1. The van der Waals surface area contributed by atoms with Crippen molar-refractivity contribution in [3.8, 4) is 0 Å². The lowest BCUT2D eigenvalue weighted by Gasteiger charge is -2.43. The van der Waals surface area contributed by atoms with E-state index in [1.54, 1.807) is 4.90 Å². The number of ether oxygens (including phenoxy) is 1. The molecule has 0 radical (unpaired) electrons. The standard InChI is InChI=1S/C25H30N2O2/c1-4-18(17-25(29-3)13-8-14-25)19-11-12-22-20(15-19)16-23(26-22)24(28)27(2)21-9-6-5-7-10-21/h5-7,9-12,15-16,18,26H,4,8,13-14,17H2,1-3H3. The second-order valence-corrected chi connectivity index (χ2v) is 8.28. The number of aromatic nitrogens is 1. The Morgan fingerprint density at radius 2 is 1.93 bits per heavy atom. The molecule has 4 nitrogen and oxygen atoms in total. The van der Waals surface area contributed by atoms with E-state index in [0.717, 1.165) is 42.3 Å². The number of benzene rings is 2. The number of nitrogens with zero attached hydrogens (tertiary/aromatic N) is 1. The fourth-order valence-electron chi connectivity index (χ4n) is 4.48. The summed E-state index contributed by atoms with van der Waals surface area (Å²) in [5, 5.41) is 1.09. The highest BCUT2D eigenvalue weighted by Gasteiger charge is 2.38. The second kappa shape index (κ2) is 8.03. The topological polar surface area (TPSA) is 45.3 Å². The number of para-hydroxylation sites is 1. The smallest absolute Gasteiger partial charge is 0.274 e. The molecule has 1 saturated carbocycles. The number of anilines is 1. The summed E-state index contributed by atoms with van der Waals surface area (Å²) in [5.74, 6) is 0.439. The molecule has 0 aliphatic heterocycles. The van der Waals surface area contributed by atoms with E-state index in [2.05, 4.69) is 30.1 Å². The summed E-state index contributed by atoms with van der Waals surface area (Å²) in [5.41, 5.74) is 3.89. The first-order valence-corrected chi connectivity index (χ1v) is 10.6. The predicted octanol–water partition coefficient (Wildman–Crippen LogP) is 5.90. The zero-order valence-electron chi connectivity index (χ0n) is 17.6. The van der Waals surface area contributed by atoms with Crippen LogP contribution in [0, 0.1) is 0 Å². The maximum Gasteiger partial charge on any atom is 0.274 e. The molecule has 1 aliphatic carbocycles. The van der Waals surface area contributed by atoms with Gasteiger partial charge in [-0.25, -0.2) is 0 Å². The van der Waals surface area contributed by atoms with Gasteiger partial charge in [-0.3, -0.25) is 4.79 Å². The lowest BCUT2D eigenvalue weighted by Crippen LogP contribution is -2.40. The maximum atomic E-state index is 12.9. The molecular weight excluding hydrogens is 360 g/mol. The van der Waals surface area contributed by atoms with Gasteiger partial charge in [0.15, 0.2) is 0 Å². The first-order chi connectivity index (χ1) is 14.0. The monoisotopic (exact) mass is 390 g/mol. The van der Waals surface area contributed by atoms with Gasteiger partial charge in [-0.15, -0.1) is 0 Å². The van der Waals surface area contributed by atoms with Gasteiger partial charge in [0, 0.05) is 30.7 Å². The Morgan fingerprint density at radius 1 is 1.17 bits per heavy atom. The minimum atomic E-state index is -0.0335. The molecule has 1 N–H and O–H groups in total. The lowest BCUT2D eigenvalue weighted by atomic mass is 9.72. The van der Waals surface area contributed by atoms with Crippen LogP contribution in [0.5, 0.6) is 0 Å². The maximum absolute atomic E-state index is 12.9. The summed E-state index contributed by atoms with van der Waals surface area (Å²) in [6.45, 7) is 2.25. The number of amides is 1. The molecule has 1 fully saturated rings. The average Bonchev–Trinajstić information content (AvgIpc) is 3.16. The van der Waals surface area contributed by atoms with E-state index in [-0.39, 0.29) is 11.5 Å². The van der Waals surface area contributed by atoms with Crippen LogP contribution < -0.4 is 4.90 Å². The van der Waals surface area contributed by atoms with E-state index >= 15 is 0 Å². The van der Waals surface area contributed by atoms with Crippen molar-refractivity contribution in [1.82, 2.24) is 4.98 Å². The highest BCUT2D eigenvalue weighted by Crippen LogP contribution is 2.43. The van der Waals surface area contributed by atoms with Crippen LogP contribution >= 0.6 is 0 Å². The zero-order chi connectivity index (χ0) is 20.4. The number of aromatic amines is 1. The zero-order valence-corrected chi connectivity index (χ0v) is 17.6. The molecule has 0 saturated heterocycles. The third-order valence-corrected chi connectivity index (χ3v) is 6.60. The molecule has 4 heteroatoms. The molecule has 0 spiro atoms. The van der Waals surface area contributed by atoms with Crippen molar-refractivity contribution >= 4 is 22.5 Å². The lowest BCUT2D eigenvalue weighted by molar-refractivity contribution is -0.0821. The summed E-state index contributed by atoms with van der Waals surface area (Å²) in [7, 11) is 3.66. The van der Waals surface area contributed by atoms with Crippen molar-refractivity contribution in [3.05, 3.63) is 65.9 Å². The van der Waals surface area contributed by atoms with E-state index in [4.69, 9.17) is 4.74 Å². The van der Waals surface area contributed by atoms with Crippen molar-refractivity contribution in [2.75, 3.05) is 19.1 Å². The molecule has 1 atom stereocenters. The molecule has 152 valence electrons. The number of fused-ring (bicyclic) bond motifs is 1. The third-order valence-electron chi connectivity index (χ3n) is 6.60. The number of methoxy groups -OCH3 is 1. The average molecular weight is 391 g/mol. The van der Waals surface area contributed by atoms with Crippen molar-refractivity contribution < 1.29 is 9.53 Å². The van der Waals surface area contributed by atoms with Gasteiger partial charge in [-0.2, -0.15) is 0 Å². The van der Waals surface area contributed by atoms with Crippen LogP contribution in [-0.2, 0) is 4.74 Å². The van der Waals surface area contributed by atoms with Crippen LogP contribution in [0.3, 0.4) is 0 Å². The quantitative estimate of drug-likeness (QED) is 0.546. The first-order valence-electron chi connectivity index (χ1n) is 10.6. The van der Waals surface area contributed by atoms with Gasteiger partial charge in [-0.1, -0.05) is 31.2 Å². The van der Waals surface area contributed by atoms with Crippen molar-refractivity contribution in [1.29, 1.82) is 0 Å². The molecule has 29 heavy (non-hydrogen) atoms. The summed E-state index contributed by atoms with van der Waals surface area (Å²) >= 11 is 0. The predicted molar refractivity (Wildman–Crippen MR) is 119 cm³/mol. The molecule has 2 aromatic carbocycles. The molecule has 4 rings (SSSR count). The number of hydrogen-bond acceptors (Lipinski definition) is 2. The molecule has 3 aromatic rings. The van der Waals surface area contributed by atoms with Crippen LogP contribution in [-0.4, -0.2) is 30.6 Å².